The minimum atomic E-state index is 0.452. The minimum absolute atomic E-state index is 0.452. The number of thioether (sulfide) groups is 1. The highest BCUT2D eigenvalue weighted by Gasteiger charge is 2.26. The van der Waals surface area contributed by atoms with Gasteiger partial charge in [-0.15, -0.1) is 5.10 Å². The Bertz CT molecular complexity index is 609. The zero-order chi connectivity index (χ0) is 14.1. The van der Waals surface area contributed by atoms with Crippen LogP contribution in [0.3, 0.4) is 0 Å². The van der Waals surface area contributed by atoms with Gasteiger partial charge in [0.05, 0.1) is 11.7 Å². The molecule has 2 aromatic rings. The second-order valence-electron chi connectivity index (χ2n) is 5.72. The SMILES string of the molecule is CCCSc1nc(C)c2nnn([C@H]3CC[C@@H](C)C3)c2n1. The Morgan fingerprint density at radius 3 is 2.85 bits per heavy atom. The molecule has 1 saturated carbocycles. The summed E-state index contributed by atoms with van der Waals surface area (Å²) < 4.78 is 2.03. The van der Waals surface area contributed by atoms with Gasteiger partial charge in [0.25, 0.3) is 0 Å². The molecule has 0 spiro atoms. The van der Waals surface area contributed by atoms with Gasteiger partial charge >= 0.3 is 0 Å². The second kappa shape index (κ2) is 5.68. The Hall–Kier alpha value is -1.17. The van der Waals surface area contributed by atoms with E-state index >= 15 is 0 Å². The van der Waals surface area contributed by atoms with E-state index < -0.39 is 0 Å². The number of rotatable bonds is 4. The monoisotopic (exact) mass is 291 g/mol. The third-order valence-corrected chi connectivity index (χ3v) is 4.98. The van der Waals surface area contributed by atoms with Crippen molar-refractivity contribution < 1.29 is 0 Å². The van der Waals surface area contributed by atoms with Crippen LogP contribution >= 0.6 is 11.8 Å². The van der Waals surface area contributed by atoms with Gasteiger partial charge in [-0.25, -0.2) is 14.6 Å². The van der Waals surface area contributed by atoms with Crippen LogP contribution in [0.25, 0.3) is 11.2 Å². The van der Waals surface area contributed by atoms with Crippen LogP contribution in [0.5, 0.6) is 0 Å². The highest BCUT2D eigenvalue weighted by Crippen LogP contribution is 2.35. The van der Waals surface area contributed by atoms with E-state index in [4.69, 9.17) is 4.98 Å². The molecule has 0 radical (unpaired) electrons. The molecule has 2 heterocycles. The highest BCUT2D eigenvalue weighted by molar-refractivity contribution is 7.99. The lowest BCUT2D eigenvalue weighted by molar-refractivity contribution is 0.447. The van der Waals surface area contributed by atoms with Crippen molar-refractivity contribution in [1.82, 2.24) is 25.0 Å². The van der Waals surface area contributed by atoms with Crippen LogP contribution in [0.15, 0.2) is 5.16 Å². The molecule has 0 unspecified atom stereocenters. The third-order valence-electron chi connectivity index (χ3n) is 3.93. The van der Waals surface area contributed by atoms with E-state index in [0.717, 1.165) is 40.1 Å². The zero-order valence-corrected chi connectivity index (χ0v) is 13.2. The van der Waals surface area contributed by atoms with Crippen molar-refractivity contribution >= 4 is 22.9 Å². The van der Waals surface area contributed by atoms with Crippen molar-refractivity contribution in [2.24, 2.45) is 5.92 Å². The van der Waals surface area contributed by atoms with Crippen molar-refractivity contribution in [2.45, 2.75) is 57.7 Å². The first-order valence-electron chi connectivity index (χ1n) is 7.41. The minimum Gasteiger partial charge on any atom is -0.225 e. The zero-order valence-electron chi connectivity index (χ0n) is 12.3. The molecular weight excluding hydrogens is 270 g/mol. The van der Waals surface area contributed by atoms with Crippen molar-refractivity contribution in [3.63, 3.8) is 0 Å². The molecule has 0 aromatic carbocycles. The lowest BCUT2D eigenvalue weighted by Gasteiger charge is -2.10. The quantitative estimate of drug-likeness (QED) is 0.638. The number of nitrogens with zero attached hydrogens (tertiary/aromatic N) is 5. The Morgan fingerprint density at radius 2 is 2.15 bits per heavy atom. The molecule has 2 atom stereocenters. The van der Waals surface area contributed by atoms with Gasteiger partial charge in [0.15, 0.2) is 16.3 Å². The summed E-state index contributed by atoms with van der Waals surface area (Å²) in [6.07, 6.45) is 4.76. The Balaban J connectivity index is 1.98. The summed E-state index contributed by atoms with van der Waals surface area (Å²) in [7, 11) is 0. The Kier molecular flexibility index (Phi) is 3.92. The molecule has 2 aromatic heterocycles. The largest absolute Gasteiger partial charge is 0.225 e. The summed E-state index contributed by atoms with van der Waals surface area (Å²) in [5.74, 6) is 1.82. The van der Waals surface area contributed by atoms with Gasteiger partial charge in [-0.1, -0.05) is 30.8 Å². The van der Waals surface area contributed by atoms with E-state index in [2.05, 4.69) is 29.1 Å². The van der Waals surface area contributed by atoms with Gasteiger partial charge in [0, 0.05) is 5.75 Å². The fourth-order valence-corrected chi connectivity index (χ4v) is 3.58. The summed E-state index contributed by atoms with van der Waals surface area (Å²) in [5.41, 5.74) is 2.70. The van der Waals surface area contributed by atoms with Gasteiger partial charge in [-0.2, -0.15) is 0 Å². The topological polar surface area (TPSA) is 56.5 Å². The van der Waals surface area contributed by atoms with E-state index in [9.17, 15) is 0 Å². The molecule has 1 aliphatic carbocycles. The van der Waals surface area contributed by atoms with Crippen LogP contribution in [0.2, 0.25) is 0 Å². The second-order valence-corrected chi connectivity index (χ2v) is 6.78. The van der Waals surface area contributed by atoms with E-state index in [1.165, 1.54) is 19.3 Å². The van der Waals surface area contributed by atoms with Crippen LogP contribution in [0.1, 0.15) is 51.3 Å². The fourth-order valence-electron chi connectivity index (χ4n) is 2.84. The summed E-state index contributed by atoms with van der Waals surface area (Å²) in [6.45, 7) is 6.47. The van der Waals surface area contributed by atoms with Crippen molar-refractivity contribution in [2.75, 3.05) is 5.75 Å². The molecule has 1 aliphatic rings. The van der Waals surface area contributed by atoms with E-state index in [1.807, 2.05) is 11.6 Å². The molecule has 108 valence electrons. The van der Waals surface area contributed by atoms with E-state index in [0.29, 0.717) is 6.04 Å². The lowest BCUT2D eigenvalue weighted by Crippen LogP contribution is -2.08. The summed E-state index contributed by atoms with van der Waals surface area (Å²) in [6, 6.07) is 0.452. The fraction of sp³-hybridized carbons (Fsp3) is 0.714. The van der Waals surface area contributed by atoms with Crippen molar-refractivity contribution in [3.8, 4) is 0 Å². The van der Waals surface area contributed by atoms with Gasteiger partial charge in [0.2, 0.25) is 0 Å². The Morgan fingerprint density at radius 1 is 1.30 bits per heavy atom. The molecule has 0 bridgehead atoms. The molecule has 0 amide bonds. The highest BCUT2D eigenvalue weighted by atomic mass is 32.2. The van der Waals surface area contributed by atoms with Crippen molar-refractivity contribution in [3.05, 3.63) is 5.69 Å². The standard InChI is InChI=1S/C14H21N5S/c1-4-7-20-14-15-10(3)12-13(16-14)19(18-17-12)11-6-5-9(2)8-11/h9,11H,4-8H2,1-3H3/t9-,11+/m1/s1. The number of aromatic nitrogens is 5. The van der Waals surface area contributed by atoms with Crippen LogP contribution < -0.4 is 0 Å². The van der Waals surface area contributed by atoms with Gasteiger partial charge in [0.1, 0.15) is 0 Å². The summed E-state index contributed by atoms with van der Waals surface area (Å²) in [5, 5.41) is 9.49. The van der Waals surface area contributed by atoms with Crippen LogP contribution in [0.4, 0.5) is 0 Å². The molecular formula is C14H21N5S. The average Bonchev–Trinajstić information content (AvgIpc) is 3.02. The first kappa shape index (κ1) is 13.8. The van der Waals surface area contributed by atoms with E-state index in [-0.39, 0.29) is 0 Å². The lowest BCUT2D eigenvalue weighted by atomic mass is 10.1. The number of hydrogen-bond donors (Lipinski definition) is 0. The molecule has 20 heavy (non-hydrogen) atoms. The van der Waals surface area contributed by atoms with Crippen molar-refractivity contribution in [1.29, 1.82) is 0 Å². The smallest absolute Gasteiger partial charge is 0.189 e. The molecule has 0 aliphatic heterocycles. The molecule has 1 fully saturated rings. The molecule has 5 nitrogen and oxygen atoms in total. The Labute approximate surface area is 123 Å². The van der Waals surface area contributed by atoms with Gasteiger partial charge in [-0.05, 0) is 38.5 Å². The predicted octanol–water partition coefficient (Wildman–Crippen LogP) is 3.39. The first-order valence-corrected chi connectivity index (χ1v) is 8.40. The first-order chi connectivity index (χ1) is 9.69. The molecule has 0 N–H and O–H groups in total. The maximum absolute atomic E-state index is 4.69. The third kappa shape index (κ3) is 2.53. The predicted molar refractivity (Wildman–Crippen MR) is 80.9 cm³/mol. The number of fused-ring (bicyclic) bond motifs is 1. The maximum Gasteiger partial charge on any atom is 0.189 e. The summed E-state index contributed by atoms with van der Waals surface area (Å²) >= 11 is 1.71. The number of aryl methyl sites for hydroxylation is 1. The normalized spacial score (nSPS) is 22.8. The van der Waals surface area contributed by atoms with Gasteiger partial charge < -0.3 is 0 Å². The maximum atomic E-state index is 4.69. The number of hydrogen-bond acceptors (Lipinski definition) is 5. The molecule has 6 heteroatoms. The van der Waals surface area contributed by atoms with E-state index in [1.54, 1.807) is 11.8 Å². The average molecular weight is 291 g/mol. The molecule has 3 rings (SSSR count). The van der Waals surface area contributed by atoms with Gasteiger partial charge in [-0.3, -0.25) is 0 Å². The van der Waals surface area contributed by atoms with Crippen LogP contribution in [0, 0.1) is 12.8 Å². The van der Waals surface area contributed by atoms with Crippen LogP contribution in [-0.4, -0.2) is 30.7 Å². The summed E-state index contributed by atoms with van der Waals surface area (Å²) in [4.78, 5) is 9.22. The van der Waals surface area contributed by atoms with Crippen LogP contribution in [-0.2, 0) is 0 Å². The molecule has 0 saturated heterocycles.